The van der Waals surface area contributed by atoms with Crippen LogP contribution in [0.25, 0.3) is 0 Å². The zero-order valence-electron chi connectivity index (χ0n) is 11.1. The molecule has 1 aromatic rings. The molecule has 0 saturated carbocycles. The minimum Gasteiger partial charge on any atom is -0.301 e. The summed E-state index contributed by atoms with van der Waals surface area (Å²) in [5, 5.41) is 8.52. The molecule has 92 valence electrons. The van der Waals surface area contributed by atoms with Crippen molar-refractivity contribution >= 4 is 0 Å². The van der Waals surface area contributed by atoms with Crippen LogP contribution in [0.2, 0.25) is 0 Å². The lowest BCUT2D eigenvalue weighted by atomic mass is 10.0. The number of benzene rings is 1. The summed E-state index contributed by atoms with van der Waals surface area (Å²) in [4.78, 5) is 2.18. The predicted molar refractivity (Wildman–Crippen MR) is 71.5 cm³/mol. The molecule has 0 aromatic heterocycles. The fourth-order valence-corrected chi connectivity index (χ4v) is 1.88. The predicted octanol–water partition coefficient (Wildman–Crippen LogP) is 3.23. The molecule has 0 aliphatic carbocycles. The summed E-state index contributed by atoms with van der Waals surface area (Å²) in [6.07, 6.45) is 1.74. The highest BCUT2D eigenvalue weighted by Crippen LogP contribution is 2.11. The molecule has 0 aliphatic heterocycles. The van der Waals surface area contributed by atoms with Gasteiger partial charge in [-0.05, 0) is 30.5 Å². The van der Waals surface area contributed by atoms with Gasteiger partial charge in [0.2, 0.25) is 0 Å². The molecule has 1 rings (SSSR count). The smallest absolute Gasteiger partial charge is 0.0635 e. The summed E-state index contributed by atoms with van der Waals surface area (Å²) in [5.41, 5.74) is 2.72. The molecule has 0 saturated heterocycles. The molecule has 0 spiro atoms. The van der Waals surface area contributed by atoms with Gasteiger partial charge in [-0.3, -0.25) is 0 Å². The Labute approximate surface area is 105 Å². The van der Waals surface area contributed by atoms with E-state index in [0.29, 0.717) is 12.3 Å². The van der Waals surface area contributed by atoms with Gasteiger partial charge >= 0.3 is 0 Å². The van der Waals surface area contributed by atoms with Crippen LogP contribution in [0.5, 0.6) is 0 Å². The van der Waals surface area contributed by atoms with Gasteiger partial charge in [0.05, 0.1) is 6.07 Å². The van der Waals surface area contributed by atoms with E-state index in [9.17, 15) is 0 Å². The van der Waals surface area contributed by atoms with Crippen molar-refractivity contribution in [2.45, 2.75) is 33.2 Å². The fourth-order valence-electron chi connectivity index (χ4n) is 1.88. The summed E-state index contributed by atoms with van der Waals surface area (Å²) in [7, 11) is 2.05. The van der Waals surface area contributed by atoms with E-state index in [4.69, 9.17) is 5.26 Å². The van der Waals surface area contributed by atoms with Gasteiger partial charge in [0.25, 0.3) is 0 Å². The van der Waals surface area contributed by atoms with E-state index in [2.05, 4.69) is 56.1 Å². The molecule has 0 aliphatic rings. The normalized spacial score (nSPS) is 10.8. The van der Waals surface area contributed by atoms with E-state index in [0.717, 1.165) is 19.5 Å². The maximum Gasteiger partial charge on any atom is 0.0635 e. The fraction of sp³-hybridized carbons (Fsp3) is 0.533. The van der Waals surface area contributed by atoms with Crippen LogP contribution >= 0.6 is 0 Å². The van der Waals surface area contributed by atoms with Gasteiger partial charge in [-0.15, -0.1) is 0 Å². The molecular weight excluding hydrogens is 208 g/mol. The van der Waals surface area contributed by atoms with Crippen molar-refractivity contribution in [3.05, 3.63) is 35.4 Å². The zero-order chi connectivity index (χ0) is 12.7. The van der Waals surface area contributed by atoms with Crippen LogP contribution in [-0.4, -0.2) is 18.5 Å². The Bertz CT molecular complexity index is 360. The third kappa shape index (κ3) is 5.51. The van der Waals surface area contributed by atoms with Gasteiger partial charge in [0, 0.05) is 19.5 Å². The molecule has 17 heavy (non-hydrogen) atoms. The monoisotopic (exact) mass is 230 g/mol. The first kappa shape index (κ1) is 13.7. The van der Waals surface area contributed by atoms with Gasteiger partial charge in [0.15, 0.2) is 0 Å². The van der Waals surface area contributed by atoms with E-state index >= 15 is 0 Å². The van der Waals surface area contributed by atoms with Crippen molar-refractivity contribution in [1.29, 1.82) is 5.26 Å². The number of nitriles is 1. The Morgan fingerprint density at radius 3 is 2.29 bits per heavy atom. The maximum absolute atomic E-state index is 8.52. The first-order valence-corrected chi connectivity index (χ1v) is 6.25. The SMILES string of the molecule is CC(C)Cc1ccc(CN(C)CCC#N)cc1. The largest absolute Gasteiger partial charge is 0.301 e. The van der Waals surface area contributed by atoms with E-state index < -0.39 is 0 Å². The topological polar surface area (TPSA) is 27.0 Å². The Morgan fingerprint density at radius 2 is 1.76 bits per heavy atom. The summed E-state index contributed by atoms with van der Waals surface area (Å²) in [6, 6.07) is 11.0. The molecule has 0 N–H and O–H groups in total. The van der Waals surface area contributed by atoms with Crippen LogP contribution in [0.15, 0.2) is 24.3 Å². The third-order valence-electron chi connectivity index (χ3n) is 2.72. The van der Waals surface area contributed by atoms with Gasteiger partial charge in [0.1, 0.15) is 0 Å². The van der Waals surface area contributed by atoms with Crippen LogP contribution in [0.3, 0.4) is 0 Å². The number of hydrogen-bond donors (Lipinski definition) is 0. The van der Waals surface area contributed by atoms with E-state index in [-0.39, 0.29) is 0 Å². The van der Waals surface area contributed by atoms with Crippen molar-refractivity contribution in [1.82, 2.24) is 4.90 Å². The highest BCUT2D eigenvalue weighted by Gasteiger charge is 2.01. The van der Waals surface area contributed by atoms with Crippen molar-refractivity contribution in [3.8, 4) is 6.07 Å². The van der Waals surface area contributed by atoms with Gasteiger partial charge in [-0.2, -0.15) is 5.26 Å². The van der Waals surface area contributed by atoms with Gasteiger partial charge < -0.3 is 4.90 Å². The molecule has 0 amide bonds. The second kappa shape index (κ2) is 7.09. The Kier molecular flexibility index (Phi) is 5.72. The Morgan fingerprint density at radius 1 is 1.18 bits per heavy atom. The first-order chi connectivity index (χ1) is 8.11. The summed E-state index contributed by atoms with van der Waals surface area (Å²) < 4.78 is 0. The standard InChI is InChI=1S/C15H22N2/c1-13(2)11-14-5-7-15(8-6-14)12-17(3)10-4-9-16/h5-8,13H,4,10-12H2,1-3H3. The molecule has 0 unspecified atom stereocenters. The van der Waals surface area contributed by atoms with Crippen LogP contribution in [0.4, 0.5) is 0 Å². The molecule has 0 fully saturated rings. The molecule has 2 heteroatoms. The number of hydrogen-bond acceptors (Lipinski definition) is 2. The average Bonchev–Trinajstić information content (AvgIpc) is 2.28. The van der Waals surface area contributed by atoms with Gasteiger partial charge in [-0.25, -0.2) is 0 Å². The summed E-state index contributed by atoms with van der Waals surface area (Å²) in [5.74, 6) is 0.708. The third-order valence-corrected chi connectivity index (χ3v) is 2.72. The Balaban J connectivity index is 2.48. The molecule has 0 atom stereocenters. The lowest BCUT2D eigenvalue weighted by Gasteiger charge is -2.15. The highest BCUT2D eigenvalue weighted by atomic mass is 15.1. The van der Waals surface area contributed by atoms with Crippen LogP contribution in [0.1, 0.15) is 31.4 Å². The van der Waals surface area contributed by atoms with Crippen LogP contribution in [-0.2, 0) is 13.0 Å². The van der Waals surface area contributed by atoms with E-state index in [1.807, 2.05) is 0 Å². The van der Waals surface area contributed by atoms with Gasteiger partial charge in [-0.1, -0.05) is 38.1 Å². The zero-order valence-corrected chi connectivity index (χ0v) is 11.1. The molecule has 0 heterocycles. The Hall–Kier alpha value is -1.33. The number of nitrogens with zero attached hydrogens (tertiary/aromatic N) is 2. The minimum atomic E-state index is 0.599. The molecular formula is C15H22N2. The average molecular weight is 230 g/mol. The van der Waals surface area contributed by atoms with Crippen molar-refractivity contribution in [2.24, 2.45) is 5.92 Å². The lowest BCUT2D eigenvalue weighted by Crippen LogP contribution is -2.18. The van der Waals surface area contributed by atoms with Crippen molar-refractivity contribution < 1.29 is 0 Å². The highest BCUT2D eigenvalue weighted by molar-refractivity contribution is 5.22. The second-order valence-corrected chi connectivity index (χ2v) is 5.06. The summed E-state index contributed by atoms with van der Waals surface area (Å²) >= 11 is 0. The van der Waals surface area contributed by atoms with Crippen molar-refractivity contribution in [2.75, 3.05) is 13.6 Å². The van der Waals surface area contributed by atoms with Crippen LogP contribution < -0.4 is 0 Å². The van der Waals surface area contributed by atoms with Crippen LogP contribution in [0, 0.1) is 17.2 Å². The molecule has 2 nitrogen and oxygen atoms in total. The number of rotatable bonds is 6. The van der Waals surface area contributed by atoms with E-state index in [1.165, 1.54) is 11.1 Å². The lowest BCUT2D eigenvalue weighted by molar-refractivity contribution is 0.335. The van der Waals surface area contributed by atoms with Crippen molar-refractivity contribution in [3.63, 3.8) is 0 Å². The molecule has 1 aromatic carbocycles. The van der Waals surface area contributed by atoms with E-state index in [1.54, 1.807) is 0 Å². The first-order valence-electron chi connectivity index (χ1n) is 6.25. The summed E-state index contributed by atoms with van der Waals surface area (Å²) in [6.45, 7) is 6.24. The second-order valence-electron chi connectivity index (χ2n) is 5.06. The molecule has 0 radical (unpaired) electrons. The molecule has 0 bridgehead atoms. The minimum absolute atomic E-state index is 0.599. The maximum atomic E-state index is 8.52. The quantitative estimate of drug-likeness (QED) is 0.750.